The summed E-state index contributed by atoms with van der Waals surface area (Å²) < 4.78 is 0. The van der Waals surface area contributed by atoms with Crippen molar-refractivity contribution in [3.8, 4) is 0 Å². The molecule has 64 valence electrons. The maximum absolute atomic E-state index is 9.81. The molecule has 0 saturated carbocycles. The molecular weight excluding hydrogens is 156 g/mol. The van der Waals surface area contributed by atoms with Gasteiger partial charge in [-0.1, -0.05) is 0 Å². The fourth-order valence-electron chi connectivity index (χ4n) is 0.876. The predicted molar refractivity (Wildman–Crippen MR) is 31.7 cm³/mol. The molecule has 0 unspecified atom stereocenters. The lowest BCUT2D eigenvalue weighted by atomic mass is 10.1. The van der Waals surface area contributed by atoms with Crippen LogP contribution in [-0.2, 0) is 0 Å². The van der Waals surface area contributed by atoms with Gasteiger partial charge in [0.25, 0.3) is 0 Å². The summed E-state index contributed by atoms with van der Waals surface area (Å²) in [5.41, 5.74) is 0. The Balaban J connectivity index is 2.79. The van der Waals surface area contributed by atoms with Crippen LogP contribution in [0.2, 0.25) is 0 Å². The van der Waals surface area contributed by atoms with E-state index in [9.17, 15) is 4.91 Å². The molecule has 4 N–H and O–H groups in total. The van der Waals surface area contributed by atoms with Crippen LogP contribution in [0.4, 0.5) is 0 Å². The van der Waals surface area contributed by atoms with E-state index in [1.807, 2.05) is 0 Å². The van der Waals surface area contributed by atoms with E-state index in [4.69, 9.17) is 20.4 Å². The highest BCUT2D eigenvalue weighted by Crippen LogP contribution is 2.26. The van der Waals surface area contributed by atoms with E-state index in [0.717, 1.165) is 0 Å². The topological polar surface area (TPSA) is 114 Å². The number of hydrogen-bond acceptors (Lipinski definition) is 6. The number of hydrogen-bond donors (Lipinski definition) is 4. The second kappa shape index (κ2) is 2.11. The molecule has 0 aromatic rings. The largest absolute Gasteiger partial charge is 0.360 e. The molecule has 0 aliphatic carbocycles. The molecule has 0 atom stereocenters. The Labute approximate surface area is 61.4 Å². The molecule has 0 radical (unpaired) electrons. The second-order valence-corrected chi connectivity index (χ2v) is 2.54. The van der Waals surface area contributed by atoms with Crippen LogP contribution in [0.15, 0.2) is 5.29 Å². The van der Waals surface area contributed by atoms with Crippen LogP contribution in [0.25, 0.3) is 0 Å². The first-order chi connectivity index (χ1) is 4.89. The first kappa shape index (κ1) is 8.34. The Morgan fingerprint density at radius 3 is 1.64 bits per heavy atom. The van der Waals surface area contributed by atoms with Crippen LogP contribution in [0, 0.1) is 4.91 Å². The van der Waals surface area contributed by atoms with Crippen LogP contribution >= 0.6 is 0 Å². The smallest absolute Gasteiger partial charge is 0.240 e. The standard InChI is InChI=1S/C4H8N2O5/c7-3(8)1-6(5-11)2-4(3,9)10/h7-10H,1-2H2. The third-order valence-electron chi connectivity index (χ3n) is 1.56. The van der Waals surface area contributed by atoms with Crippen molar-refractivity contribution >= 4 is 0 Å². The van der Waals surface area contributed by atoms with Crippen molar-refractivity contribution in [1.82, 2.24) is 5.01 Å². The molecule has 1 aliphatic heterocycles. The van der Waals surface area contributed by atoms with Gasteiger partial charge in [0, 0.05) is 0 Å². The maximum atomic E-state index is 9.81. The average molecular weight is 164 g/mol. The van der Waals surface area contributed by atoms with E-state index in [-0.39, 0.29) is 0 Å². The quantitative estimate of drug-likeness (QED) is 0.248. The fraction of sp³-hybridized carbons (Fsp3) is 1.00. The molecule has 0 aromatic carbocycles. The Morgan fingerprint density at radius 2 is 1.45 bits per heavy atom. The molecular formula is C4H8N2O5. The Kier molecular flexibility index (Phi) is 1.60. The number of nitrogens with zero attached hydrogens (tertiary/aromatic N) is 2. The van der Waals surface area contributed by atoms with E-state index < -0.39 is 24.7 Å². The fourth-order valence-corrected chi connectivity index (χ4v) is 0.876. The molecule has 7 heteroatoms. The zero-order chi connectivity index (χ0) is 8.70. The maximum Gasteiger partial charge on any atom is 0.240 e. The summed E-state index contributed by atoms with van der Waals surface area (Å²) in [4.78, 5) is 9.81. The molecule has 11 heavy (non-hydrogen) atoms. The molecule has 1 rings (SSSR count). The zero-order valence-electron chi connectivity index (χ0n) is 5.51. The van der Waals surface area contributed by atoms with Crippen LogP contribution in [0.5, 0.6) is 0 Å². The van der Waals surface area contributed by atoms with Gasteiger partial charge in [0.2, 0.25) is 11.6 Å². The van der Waals surface area contributed by atoms with E-state index in [0.29, 0.717) is 5.01 Å². The normalized spacial score (nSPS) is 27.1. The van der Waals surface area contributed by atoms with Gasteiger partial charge in [-0.2, -0.15) is 0 Å². The minimum atomic E-state index is -2.69. The molecule has 0 bridgehead atoms. The van der Waals surface area contributed by atoms with Crippen LogP contribution in [-0.4, -0.2) is 50.1 Å². The van der Waals surface area contributed by atoms with Crippen LogP contribution in [0.1, 0.15) is 0 Å². The Hall–Kier alpha value is -0.760. The minimum Gasteiger partial charge on any atom is -0.360 e. The van der Waals surface area contributed by atoms with Gasteiger partial charge in [-0.15, -0.1) is 4.91 Å². The predicted octanol–water partition coefficient (Wildman–Crippen LogP) is -2.65. The van der Waals surface area contributed by atoms with Crippen molar-refractivity contribution in [2.24, 2.45) is 5.29 Å². The van der Waals surface area contributed by atoms with Gasteiger partial charge >= 0.3 is 0 Å². The summed E-state index contributed by atoms with van der Waals surface area (Å²) in [7, 11) is 0. The van der Waals surface area contributed by atoms with Crippen molar-refractivity contribution in [2.75, 3.05) is 13.1 Å². The lowest BCUT2D eigenvalue weighted by molar-refractivity contribution is -0.328. The van der Waals surface area contributed by atoms with Gasteiger partial charge in [0.05, 0.1) is 18.4 Å². The van der Waals surface area contributed by atoms with Crippen LogP contribution < -0.4 is 0 Å². The summed E-state index contributed by atoms with van der Waals surface area (Å²) in [6, 6.07) is 0. The third kappa shape index (κ3) is 1.18. The van der Waals surface area contributed by atoms with E-state index in [2.05, 4.69) is 5.29 Å². The van der Waals surface area contributed by atoms with E-state index >= 15 is 0 Å². The van der Waals surface area contributed by atoms with Crippen molar-refractivity contribution in [1.29, 1.82) is 0 Å². The van der Waals surface area contributed by atoms with Gasteiger partial charge in [0.15, 0.2) is 0 Å². The van der Waals surface area contributed by atoms with Crippen molar-refractivity contribution in [3.05, 3.63) is 4.91 Å². The SMILES string of the molecule is O=NN1CC(O)(O)C(O)(O)C1. The van der Waals surface area contributed by atoms with E-state index in [1.165, 1.54) is 0 Å². The second-order valence-electron chi connectivity index (χ2n) is 2.54. The minimum absolute atomic E-state index is 0.608. The van der Waals surface area contributed by atoms with Gasteiger partial charge in [-0.3, -0.25) is 0 Å². The Bertz CT molecular complexity index is 163. The lowest BCUT2D eigenvalue weighted by Gasteiger charge is -2.25. The zero-order valence-corrected chi connectivity index (χ0v) is 5.51. The summed E-state index contributed by atoms with van der Waals surface area (Å²) in [6.45, 7) is -1.22. The molecule has 1 aliphatic rings. The number of nitroso groups, excluding NO2 is 1. The number of rotatable bonds is 1. The first-order valence-electron chi connectivity index (χ1n) is 2.87. The lowest BCUT2D eigenvalue weighted by Crippen LogP contribution is -2.53. The molecule has 7 nitrogen and oxygen atoms in total. The summed E-state index contributed by atoms with van der Waals surface area (Å²) in [5.74, 6) is -5.39. The molecule has 0 amide bonds. The van der Waals surface area contributed by atoms with Gasteiger partial charge < -0.3 is 20.4 Å². The molecule has 1 fully saturated rings. The molecule has 1 heterocycles. The highest BCUT2D eigenvalue weighted by Gasteiger charge is 2.55. The van der Waals surface area contributed by atoms with Crippen molar-refractivity contribution < 1.29 is 20.4 Å². The Morgan fingerprint density at radius 1 is 1.09 bits per heavy atom. The van der Waals surface area contributed by atoms with Crippen LogP contribution in [0.3, 0.4) is 0 Å². The summed E-state index contributed by atoms with van der Waals surface area (Å²) in [5, 5.41) is 38.3. The third-order valence-corrected chi connectivity index (χ3v) is 1.56. The van der Waals surface area contributed by atoms with Crippen molar-refractivity contribution in [3.63, 3.8) is 0 Å². The van der Waals surface area contributed by atoms with Gasteiger partial charge in [-0.25, -0.2) is 5.01 Å². The molecule has 0 aromatic heterocycles. The molecule has 0 spiro atoms. The van der Waals surface area contributed by atoms with Gasteiger partial charge in [0.1, 0.15) is 0 Å². The first-order valence-corrected chi connectivity index (χ1v) is 2.87. The number of β-amino-alcohol motifs (C(OH)–C–C–N with tert-alkyl or cyclic N) is 4. The monoisotopic (exact) mass is 164 g/mol. The highest BCUT2D eigenvalue weighted by molar-refractivity contribution is 4.93. The van der Waals surface area contributed by atoms with Gasteiger partial charge in [-0.05, 0) is 0 Å². The van der Waals surface area contributed by atoms with Crippen molar-refractivity contribution in [2.45, 2.75) is 11.6 Å². The van der Waals surface area contributed by atoms with E-state index in [1.54, 1.807) is 0 Å². The molecule has 1 saturated heterocycles. The highest BCUT2D eigenvalue weighted by atomic mass is 16.6. The average Bonchev–Trinajstić information content (AvgIpc) is 2.03. The summed E-state index contributed by atoms with van der Waals surface area (Å²) in [6.07, 6.45) is 0. The summed E-state index contributed by atoms with van der Waals surface area (Å²) >= 11 is 0. The number of aliphatic hydroxyl groups is 4.